The quantitative estimate of drug-likeness (QED) is 0.809. The molecule has 0 unspecified atom stereocenters. The van der Waals surface area contributed by atoms with Gasteiger partial charge in [-0.15, -0.1) is 11.3 Å². The minimum Gasteiger partial charge on any atom is -0.477 e. The Labute approximate surface area is 90.4 Å². The van der Waals surface area contributed by atoms with E-state index in [0.29, 0.717) is 13.1 Å². The Hall–Kier alpha value is -1.43. The Kier molecular flexibility index (Phi) is 2.44. The number of thiazole rings is 1. The summed E-state index contributed by atoms with van der Waals surface area (Å²) >= 11 is 1.19. The minimum absolute atomic E-state index is 0.0567. The van der Waals surface area contributed by atoms with Crippen LogP contribution < -0.4 is 0 Å². The van der Waals surface area contributed by atoms with Crippen molar-refractivity contribution in [3.05, 3.63) is 16.1 Å². The van der Waals surface area contributed by atoms with Crippen LogP contribution in [-0.2, 0) is 4.79 Å². The molecule has 1 fully saturated rings. The number of nitrogens with zero attached hydrogens (tertiary/aromatic N) is 2. The molecule has 1 aliphatic rings. The molecule has 1 aromatic rings. The molecule has 0 spiro atoms. The molecule has 2 rings (SSSR count). The Balaban J connectivity index is 2.01. The maximum absolute atomic E-state index is 10.9. The molecule has 0 radical (unpaired) electrons. The summed E-state index contributed by atoms with van der Waals surface area (Å²) in [4.78, 5) is 27.6. The monoisotopic (exact) mass is 226 g/mol. The van der Waals surface area contributed by atoms with E-state index in [4.69, 9.17) is 5.11 Å². The molecule has 80 valence electrons. The van der Waals surface area contributed by atoms with Crippen LogP contribution in [0.4, 0.5) is 0 Å². The van der Waals surface area contributed by atoms with Crippen LogP contribution in [0.5, 0.6) is 0 Å². The van der Waals surface area contributed by atoms with Crippen LogP contribution >= 0.6 is 11.3 Å². The van der Waals surface area contributed by atoms with Gasteiger partial charge in [0.05, 0.1) is 11.2 Å². The number of carbonyl (C=O) groups is 2. The topological polar surface area (TPSA) is 70.5 Å². The fourth-order valence-electron chi connectivity index (χ4n) is 1.47. The van der Waals surface area contributed by atoms with E-state index in [-0.39, 0.29) is 16.7 Å². The zero-order chi connectivity index (χ0) is 11.0. The van der Waals surface area contributed by atoms with Crippen LogP contribution in [-0.4, -0.2) is 40.0 Å². The highest BCUT2D eigenvalue weighted by Gasteiger charge is 2.32. The summed E-state index contributed by atoms with van der Waals surface area (Å²) in [7, 11) is 0. The van der Waals surface area contributed by atoms with Crippen molar-refractivity contribution in [3.8, 4) is 0 Å². The van der Waals surface area contributed by atoms with Crippen LogP contribution in [0.15, 0.2) is 6.20 Å². The molecular formula is C9H10N2O3S. The normalized spacial score (nSPS) is 16.2. The summed E-state index contributed by atoms with van der Waals surface area (Å²) < 4.78 is 0. The highest BCUT2D eigenvalue weighted by atomic mass is 32.1. The van der Waals surface area contributed by atoms with Crippen molar-refractivity contribution in [1.29, 1.82) is 0 Å². The lowest BCUT2D eigenvalue weighted by Gasteiger charge is -2.37. The number of carboxylic acid groups (broad SMARTS) is 1. The molecule has 1 saturated heterocycles. The smallest absolute Gasteiger partial charge is 0.347 e. The average molecular weight is 226 g/mol. The van der Waals surface area contributed by atoms with Crippen LogP contribution in [0.2, 0.25) is 0 Å². The Morgan fingerprint density at radius 3 is 2.73 bits per heavy atom. The minimum atomic E-state index is -0.943. The van der Waals surface area contributed by atoms with E-state index in [0.717, 1.165) is 5.01 Å². The van der Waals surface area contributed by atoms with E-state index in [1.165, 1.54) is 24.5 Å². The van der Waals surface area contributed by atoms with Gasteiger partial charge in [0.15, 0.2) is 0 Å². The number of carbonyl (C=O) groups excluding carboxylic acids is 1. The first-order valence-electron chi connectivity index (χ1n) is 4.52. The zero-order valence-corrected chi connectivity index (χ0v) is 8.95. The molecule has 1 aliphatic heterocycles. The van der Waals surface area contributed by atoms with Crippen molar-refractivity contribution < 1.29 is 14.7 Å². The third kappa shape index (κ3) is 1.85. The highest BCUT2D eigenvalue weighted by molar-refractivity contribution is 7.13. The molecule has 0 atom stereocenters. The molecule has 0 saturated carbocycles. The van der Waals surface area contributed by atoms with Gasteiger partial charge < -0.3 is 10.0 Å². The molecule has 0 bridgehead atoms. The number of rotatable bonds is 2. The van der Waals surface area contributed by atoms with Crippen molar-refractivity contribution >= 4 is 23.2 Å². The maximum atomic E-state index is 10.9. The Bertz CT molecular complexity index is 409. The van der Waals surface area contributed by atoms with Crippen molar-refractivity contribution in [1.82, 2.24) is 9.88 Å². The van der Waals surface area contributed by atoms with Gasteiger partial charge >= 0.3 is 5.97 Å². The van der Waals surface area contributed by atoms with Crippen molar-refractivity contribution in [3.63, 3.8) is 0 Å². The third-order valence-electron chi connectivity index (χ3n) is 2.41. The molecule has 0 aliphatic carbocycles. The molecule has 0 aromatic carbocycles. The summed E-state index contributed by atoms with van der Waals surface area (Å²) in [6.07, 6.45) is 1.37. The summed E-state index contributed by atoms with van der Waals surface area (Å²) in [6.45, 7) is 2.84. The molecule has 6 heteroatoms. The van der Waals surface area contributed by atoms with E-state index >= 15 is 0 Å². The maximum Gasteiger partial charge on any atom is 0.347 e. The first-order chi connectivity index (χ1) is 7.08. The number of carboxylic acids is 1. The van der Waals surface area contributed by atoms with Gasteiger partial charge in [-0.2, -0.15) is 0 Å². The number of amides is 1. The first kappa shape index (κ1) is 10.1. The van der Waals surface area contributed by atoms with E-state index in [1.54, 1.807) is 4.90 Å². The fraction of sp³-hybridized carbons (Fsp3) is 0.444. The number of aromatic carboxylic acids is 1. The van der Waals surface area contributed by atoms with Crippen LogP contribution in [0.1, 0.15) is 27.5 Å². The second kappa shape index (κ2) is 3.62. The summed E-state index contributed by atoms with van der Waals surface area (Å²) in [5.41, 5.74) is 0. The van der Waals surface area contributed by atoms with Gasteiger partial charge in [0.1, 0.15) is 4.88 Å². The molecule has 1 aromatic heterocycles. The second-order valence-electron chi connectivity index (χ2n) is 3.49. The molecular weight excluding hydrogens is 216 g/mol. The average Bonchev–Trinajstić information content (AvgIpc) is 2.49. The molecule has 2 heterocycles. The van der Waals surface area contributed by atoms with E-state index in [1.807, 2.05) is 0 Å². The van der Waals surface area contributed by atoms with Gasteiger partial charge in [-0.05, 0) is 0 Å². The van der Waals surface area contributed by atoms with Crippen LogP contribution in [0.25, 0.3) is 0 Å². The number of likely N-dealkylation sites (tertiary alicyclic amines) is 1. The lowest BCUT2D eigenvalue weighted by molar-refractivity contribution is -0.133. The van der Waals surface area contributed by atoms with Crippen molar-refractivity contribution in [2.24, 2.45) is 0 Å². The van der Waals surface area contributed by atoms with Gasteiger partial charge in [-0.1, -0.05) is 0 Å². The fourth-order valence-corrected chi connectivity index (χ4v) is 2.31. The van der Waals surface area contributed by atoms with Crippen molar-refractivity contribution in [2.45, 2.75) is 12.8 Å². The van der Waals surface area contributed by atoms with Crippen molar-refractivity contribution in [2.75, 3.05) is 13.1 Å². The van der Waals surface area contributed by atoms with E-state index < -0.39 is 5.97 Å². The van der Waals surface area contributed by atoms with Crippen LogP contribution in [0, 0.1) is 0 Å². The van der Waals surface area contributed by atoms with Gasteiger partial charge in [0.2, 0.25) is 5.91 Å². The Morgan fingerprint density at radius 1 is 1.60 bits per heavy atom. The van der Waals surface area contributed by atoms with Gasteiger partial charge in [-0.25, -0.2) is 9.78 Å². The van der Waals surface area contributed by atoms with Gasteiger partial charge in [0, 0.05) is 25.9 Å². The Morgan fingerprint density at radius 2 is 2.27 bits per heavy atom. The van der Waals surface area contributed by atoms with Crippen LogP contribution in [0.3, 0.4) is 0 Å². The number of aromatic nitrogens is 1. The predicted molar refractivity (Wildman–Crippen MR) is 54.1 cm³/mol. The predicted octanol–water partition coefficient (Wildman–Crippen LogP) is 0.787. The van der Waals surface area contributed by atoms with E-state index in [9.17, 15) is 9.59 Å². The summed E-state index contributed by atoms with van der Waals surface area (Å²) in [6, 6.07) is 0. The lowest BCUT2D eigenvalue weighted by atomic mass is 10.0. The van der Waals surface area contributed by atoms with E-state index in [2.05, 4.69) is 4.98 Å². The summed E-state index contributed by atoms with van der Waals surface area (Å²) in [5.74, 6) is -0.672. The summed E-state index contributed by atoms with van der Waals surface area (Å²) in [5, 5.41) is 9.53. The standard InChI is InChI=1S/C9H10N2O3S/c1-5(12)11-3-6(4-11)8-10-2-7(15-8)9(13)14/h2,6H,3-4H2,1H3,(H,13,14). The SMILES string of the molecule is CC(=O)N1CC(c2ncc(C(=O)O)s2)C1. The first-order valence-corrected chi connectivity index (χ1v) is 5.34. The second-order valence-corrected chi connectivity index (χ2v) is 4.55. The number of hydrogen-bond donors (Lipinski definition) is 1. The molecule has 1 N–H and O–H groups in total. The molecule has 5 nitrogen and oxygen atoms in total. The largest absolute Gasteiger partial charge is 0.477 e. The highest BCUT2D eigenvalue weighted by Crippen LogP contribution is 2.29. The third-order valence-corrected chi connectivity index (χ3v) is 3.56. The molecule has 1 amide bonds. The van der Waals surface area contributed by atoms with Gasteiger partial charge in [0.25, 0.3) is 0 Å². The number of hydrogen-bond acceptors (Lipinski definition) is 4. The lowest BCUT2D eigenvalue weighted by Crippen LogP contribution is -2.47. The molecule has 15 heavy (non-hydrogen) atoms. The zero-order valence-electron chi connectivity index (χ0n) is 8.14. The van der Waals surface area contributed by atoms with Gasteiger partial charge in [-0.3, -0.25) is 4.79 Å².